The summed E-state index contributed by atoms with van der Waals surface area (Å²) in [5.41, 5.74) is 2.47. The van der Waals surface area contributed by atoms with Crippen molar-refractivity contribution in [3.63, 3.8) is 0 Å². The number of hydrogen-bond donors (Lipinski definition) is 0. The van der Waals surface area contributed by atoms with Crippen LogP contribution >= 0.6 is 0 Å². The zero-order chi connectivity index (χ0) is 13.1. The molecule has 0 spiro atoms. The fraction of sp³-hybridized carbons (Fsp3) is 0.375. The largest absolute Gasteiger partial charge is 0.289 e. The number of unbranched alkanes of at least 4 members (excludes halogenated alkanes) is 2. The van der Waals surface area contributed by atoms with Gasteiger partial charge in [0.2, 0.25) is 0 Å². The molecule has 1 aromatic carbocycles. The average Bonchev–Trinajstić information content (AvgIpc) is 2.40. The van der Waals surface area contributed by atoms with Crippen molar-refractivity contribution in [3.8, 4) is 0 Å². The van der Waals surface area contributed by atoms with Gasteiger partial charge in [0.25, 0.3) is 0 Å². The number of benzene rings is 1. The van der Waals surface area contributed by atoms with Gasteiger partial charge in [0, 0.05) is 22.3 Å². The molecule has 0 amide bonds. The van der Waals surface area contributed by atoms with E-state index in [0.717, 1.165) is 25.7 Å². The van der Waals surface area contributed by atoms with E-state index in [4.69, 9.17) is 0 Å². The maximum atomic E-state index is 12.4. The van der Waals surface area contributed by atoms with Crippen molar-refractivity contribution in [2.75, 3.05) is 0 Å². The van der Waals surface area contributed by atoms with Gasteiger partial charge in [-0.05, 0) is 19.8 Å². The fourth-order valence-electron chi connectivity index (χ4n) is 2.40. The molecule has 0 saturated heterocycles. The Hall–Kier alpha value is -1.70. The molecule has 0 heterocycles. The van der Waals surface area contributed by atoms with Gasteiger partial charge >= 0.3 is 0 Å². The summed E-state index contributed by atoms with van der Waals surface area (Å²) >= 11 is 0. The quantitative estimate of drug-likeness (QED) is 0.749. The summed E-state index contributed by atoms with van der Waals surface area (Å²) in [6.45, 7) is 3.90. The molecule has 0 unspecified atom stereocenters. The van der Waals surface area contributed by atoms with Gasteiger partial charge in [-0.25, -0.2) is 0 Å². The Labute approximate surface area is 108 Å². The summed E-state index contributed by atoms with van der Waals surface area (Å²) in [7, 11) is 0. The van der Waals surface area contributed by atoms with Crippen LogP contribution in [-0.2, 0) is 0 Å². The Morgan fingerprint density at radius 2 is 1.56 bits per heavy atom. The number of ketones is 2. The van der Waals surface area contributed by atoms with E-state index in [0.29, 0.717) is 22.3 Å². The van der Waals surface area contributed by atoms with Crippen LogP contribution in [0.2, 0.25) is 0 Å². The van der Waals surface area contributed by atoms with Crippen molar-refractivity contribution in [2.45, 2.75) is 39.5 Å². The van der Waals surface area contributed by atoms with E-state index < -0.39 is 0 Å². The minimum Gasteiger partial charge on any atom is -0.289 e. The molecule has 94 valence electrons. The molecule has 0 aliphatic heterocycles. The highest BCUT2D eigenvalue weighted by atomic mass is 16.1. The highest BCUT2D eigenvalue weighted by Gasteiger charge is 2.28. The van der Waals surface area contributed by atoms with Crippen LogP contribution in [-0.4, -0.2) is 11.6 Å². The Kier molecular flexibility index (Phi) is 3.75. The van der Waals surface area contributed by atoms with Crippen molar-refractivity contribution >= 4 is 11.6 Å². The topological polar surface area (TPSA) is 34.1 Å². The zero-order valence-electron chi connectivity index (χ0n) is 11.0. The lowest BCUT2D eigenvalue weighted by atomic mass is 9.83. The van der Waals surface area contributed by atoms with Gasteiger partial charge in [-0.3, -0.25) is 9.59 Å². The molecule has 2 nitrogen and oxygen atoms in total. The van der Waals surface area contributed by atoms with E-state index in [-0.39, 0.29) is 11.6 Å². The molecule has 18 heavy (non-hydrogen) atoms. The molecule has 0 atom stereocenters. The molecular formula is C16H18O2. The number of Topliss-reactive ketones (excluding diaryl/α,β-unsaturated/α-hetero) is 2. The first-order chi connectivity index (χ1) is 8.66. The molecule has 0 saturated carbocycles. The van der Waals surface area contributed by atoms with Crippen LogP contribution in [0.15, 0.2) is 35.4 Å². The van der Waals surface area contributed by atoms with Crippen LogP contribution in [0.25, 0.3) is 0 Å². The number of allylic oxidation sites excluding steroid dienone is 2. The Balaban J connectivity index is 2.34. The second-order valence-electron chi connectivity index (χ2n) is 4.76. The van der Waals surface area contributed by atoms with E-state index in [1.165, 1.54) is 0 Å². The van der Waals surface area contributed by atoms with Gasteiger partial charge in [-0.2, -0.15) is 0 Å². The third kappa shape index (κ3) is 2.15. The Bertz CT molecular complexity index is 524. The highest BCUT2D eigenvalue weighted by Crippen LogP contribution is 2.28. The minimum atomic E-state index is 0.0108. The van der Waals surface area contributed by atoms with Gasteiger partial charge in [0.05, 0.1) is 0 Å². The second kappa shape index (κ2) is 5.30. The highest BCUT2D eigenvalue weighted by molar-refractivity contribution is 6.26. The first-order valence-corrected chi connectivity index (χ1v) is 6.55. The van der Waals surface area contributed by atoms with Crippen LogP contribution in [0.1, 0.15) is 60.2 Å². The molecule has 0 fully saturated rings. The molecule has 2 heteroatoms. The molecule has 2 rings (SSSR count). The van der Waals surface area contributed by atoms with Gasteiger partial charge < -0.3 is 0 Å². The number of fused-ring (bicyclic) bond motifs is 1. The van der Waals surface area contributed by atoms with Crippen LogP contribution in [0, 0.1) is 0 Å². The number of rotatable bonds is 4. The summed E-state index contributed by atoms with van der Waals surface area (Å²) in [5, 5.41) is 0. The minimum absolute atomic E-state index is 0.0108. The van der Waals surface area contributed by atoms with Crippen molar-refractivity contribution in [2.24, 2.45) is 0 Å². The number of carbonyl (C=O) groups excluding carboxylic acids is 2. The first-order valence-electron chi connectivity index (χ1n) is 6.55. The van der Waals surface area contributed by atoms with Crippen LogP contribution < -0.4 is 0 Å². The predicted molar refractivity (Wildman–Crippen MR) is 71.9 cm³/mol. The van der Waals surface area contributed by atoms with Crippen LogP contribution in [0.3, 0.4) is 0 Å². The van der Waals surface area contributed by atoms with E-state index in [1.807, 2.05) is 6.07 Å². The summed E-state index contributed by atoms with van der Waals surface area (Å²) < 4.78 is 0. The molecule has 0 N–H and O–H groups in total. The molecule has 1 aromatic rings. The second-order valence-corrected chi connectivity index (χ2v) is 4.76. The van der Waals surface area contributed by atoms with Crippen molar-refractivity contribution < 1.29 is 9.59 Å². The lowest BCUT2D eigenvalue weighted by molar-refractivity contribution is 0.0971. The van der Waals surface area contributed by atoms with Crippen molar-refractivity contribution in [1.29, 1.82) is 0 Å². The molecule has 0 bridgehead atoms. The van der Waals surface area contributed by atoms with Gasteiger partial charge in [-0.1, -0.05) is 44.0 Å². The predicted octanol–water partition coefficient (Wildman–Crippen LogP) is 3.96. The Morgan fingerprint density at radius 1 is 0.944 bits per heavy atom. The molecule has 1 aliphatic carbocycles. The summed E-state index contributed by atoms with van der Waals surface area (Å²) in [5.74, 6) is 0.0514. The number of carbonyl (C=O) groups is 2. The molecular weight excluding hydrogens is 224 g/mol. The monoisotopic (exact) mass is 242 g/mol. The third-order valence-corrected chi connectivity index (χ3v) is 3.51. The molecule has 0 radical (unpaired) electrons. The smallest absolute Gasteiger partial charge is 0.190 e. The normalized spacial score (nSPS) is 15.0. The lowest BCUT2D eigenvalue weighted by Gasteiger charge is -2.18. The van der Waals surface area contributed by atoms with E-state index in [9.17, 15) is 9.59 Å². The fourth-order valence-corrected chi connectivity index (χ4v) is 2.40. The van der Waals surface area contributed by atoms with Crippen LogP contribution in [0.5, 0.6) is 0 Å². The SMILES string of the molecule is CCCCCC1=C(C)C(=O)c2ccccc2C1=O. The lowest BCUT2D eigenvalue weighted by Crippen LogP contribution is -2.20. The van der Waals surface area contributed by atoms with E-state index in [1.54, 1.807) is 25.1 Å². The third-order valence-electron chi connectivity index (χ3n) is 3.51. The summed E-state index contributed by atoms with van der Waals surface area (Å²) in [6, 6.07) is 7.11. The molecule has 1 aliphatic rings. The van der Waals surface area contributed by atoms with E-state index >= 15 is 0 Å². The van der Waals surface area contributed by atoms with E-state index in [2.05, 4.69) is 6.92 Å². The van der Waals surface area contributed by atoms with Crippen molar-refractivity contribution in [1.82, 2.24) is 0 Å². The summed E-state index contributed by atoms with van der Waals surface area (Å²) in [4.78, 5) is 24.6. The molecule has 0 aromatic heterocycles. The summed E-state index contributed by atoms with van der Waals surface area (Å²) in [6.07, 6.45) is 3.91. The first kappa shape index (κ1) is 12.7. The van der Waals surface area contributed by atoms with Gasteiger partial charge in [0.1, 0.15) is 0 Å². The average molecular weight is 242 g/mol. The standard InChI is InChI=1S/C16H18O2/c1-3-4-5-8-12-11(2)15(17)13-9-6-7-10-14(13)16(12)18/h6-7,9-10H,3-5,8H2,1-2H3. The van der Waals surface area contributed by atoms with Crippen LogP contribution in [0.4, 0.5) is 0 Å². The zero-order valence-corrected chi connectivity index (χ0v) is 11.0. The Morgan fingerprint density at radius 3 is 2.17 bits per heavy atom. The van der Waals surface area contributed by atoms with Gasteiger partial charge in [0.15, 0.2) is 11.6 Å². The van der Waals surface area contributed by atoms with Crippen molar-refractivity contribution in [3.05, 3.63) is 46.5 Å². The van der Waals surface area contributed by atoms with Gasteiger partial charge in [-0.15, -0.1) is 0 Å². The maximum Gasteiger partial charge on any atom is 0.190 e. The number of hydrogen-bond acceptors (Lipinski definition) is 2. The maximum absolute atomic E-state index is 12.4.